The van der Waals surface area contributed by atoms with Crippen molar-refractivity contribution in [1.82, 2.24) is 4.98 Å². The monoisotopic (exact) mass is 224 g/mol. The van der Waals surface area contributed by atoms with Crippen molar-refractivity contribution >= 4 is 6.01 Å². The predicted molar refractivity (Wildman–Crippen MR) is 64.5 cm³/mol. The molecule has 1 aromatic heterocycles. The minimum absolute atomic E-state index is 0.164. The van der Waals surface area contributed by atoms with E-state index in [1.165, 1.54) is 12.3 Å². The van der Waals surface area contributed by atoms with Crippen LogP contribution >= 0.6 is 0 Å². The number of nitrogens with one attached hydrogen (secondary N) is 1. The lowest BCUT2D eigenvalue weighted by atomic mass is 9.82. The second-order valence-corrected chi connectivity index (χ2v) is 5.92. The molecule has 0 bridgehead atoms. The van der Waals surface area contributed by atoms with Gasteiger partial charge in [0.15, 0.2) is 0 Å². The fourth-order valence-electron chi connectivity index (χ4n) is 2.04. The zero-order valence-corrected chi connectivity index (χ0v) is 10.6. The van der Waals surface area contributed by atoms with Crippen molar-refractivity contribution < 1.29 is 4.42 Å². The lowest BCUT2D eigenvalue weighted by Crippen LogP contribution is -2.36. The molecule has 90 valence electrons. The van der Waals surface area contributed by atoms with E-state index in [0.29, 0.717) is 0 Å². The van der Waals surface area contributed by atoms with Gasteiger partial charge in [-0.1, -0.05) is 20.8 Å². The summed E-state index contributed by atoms with van der Waals surface area (Å²) in [4.78, 5) is 15.0. The van der Waals surface area contributed by atoms with Crippen molar-refractivity contribution in [3.8, 4) is 0 Å². The van der Waals surface area contributed by atoms with Gasteiger partial charge in [0.05, 0.1) is 0 Å². The Hall–Kier alpha value is -1.32. The number of hydrogen-bond donors (Lipinski definition) is 1. The average molecular weight is 224 g/mol. The molecule has 0 aromatic carbocycles. The van der Waals surface area contributed by atoms with Crippen LogP contribution < -0.4 is 10.9 Å². The van der Waals surface area contributed by atoms with Gasteiger partial charge in [-0.3, -0.25) is 0 Å². The Morgan fingerprint density at radius 2 is 1.94 bits per heavy atom. The number of rotatable bonds is 3. The number of aromatic nitrogens is 1. The van der Waals surface area contributed by atoms with Crippen LogP contribution in [0.25, 0.3) is 0 Å². The molecule has 0 aliphatic heterocycles. The van der Waals surface area contributed by atoms with E-state index in [9.17, 15) is 4.79 Å². The molecule has 0 spiro atoms. The molecule has 0 unspecified atom stereocenters. The van der Waals surface area contributed by atoms with Crippen LogP contribution in [0.15, 0.2) is 21.5 Å². The average Bonchev–Trinajstić information content (AvgIpc) is 1.96. The highest BCUT2D eigenvalue weighted by atomic mass is 16.4. The van der Waals surface area contributed by atoms with Crippen LogP contribution in [0.3, 0.4) is 0 Å². The fraction of sp³-hybridized carbons (Fsp3) is 0.667. The maximum absolute atomic E-state index is 11.0. The van der Waals surface area contributed by atoms with Gasteiger partial charge in [0.2, 0.25) is 0 Å². The number of hydrogen-bond acceptors (Lipinski definition) is 4. The largest absolute Gasteiger partial charge is 0.389 e. The van der Waals surface area contributed by atoms with E-state index in [2.05, 4.69) is 44.9 Å². The van der Waals surface area contributed by atoms with Gasteiger partial charge in [0, 0.05) is 17.8 Å². The molecular weight excluding hydrogens is 204 g/mol. The first-order chi connectivity index (χ1) is 7.18. The predicted octanol–water partition coefficient (Wildman–Crippen LogP) is 2.66. The van der Waals surface area contributed by atoms with Crippen molar-refractivity contribution in [1.29, 1.82) is 0 Å². The summed E-state index contributed by atoms with van der Waals surface area (Å²) in [6, 6.07) is 1.57. The van der Waals surface area contributed by atoms with Crippen molar-refractivity contribution in [3.63, 3.8) is 0 Å². The van der Waals surface area contributed by atoms with Gasteiger partial charge in [-0.25, -0.2) is 9.78 Å². The molecule has 4 nitrogen and oxygen atoms in total. The first-order valence-corrected chi connectivity index (χ1v) is 5.42. The molecule has 1 heterocycles. The van der Waals surface area contributed by atoms with Crippen molar-refractivity contribution in [2.24, 2.45) is 5.41 Å². The van der Waals surface area contributed by atoms with Crippen LogP contribution in [-0.4, -0.2) is 10.5 Å². The Morgan fingerprint density at radius 1 is 1.31 bits per heavy atom. The van der Waals surface area contributed by atoms with Crippen LogP contribution in [-0.2, 0) is 0 Å². The molecule has 16 heavy (non-hydrogen) atoms. The Morgan fingerprint density at radius 3 is 2.44 bits per heavy atom. The zero-order chi connectivity index (χ0) is 12.4. The van der Waals surface area contributed by atoms with E-state index in [4.69, 9.17) is 4.42 Å². The molecule has 1 N–H and O–H groups in total. The summed E-state index contributed by atoms with van der Waals surface area (Å²) in [5, 5.41) is 3.14. The van der Waals surface area contributed by atoms with E-state index >= 15 is 0 Å². The second kappa shape index (κ2) is 4.28. The third kappa shape index (κ3) is 4.47. The molecule has 1 aromatic rings. The minimum Gasteiger partial charge on any atom is -0.389 e. The first kappa shape index (κ1) is 12.7. The van der Waals surface area contributed by atoms with Crippen LogP contribution in [0, 0.1) is 5.41 Å². The topological polar surface area (TPSA) is 55.1 Å². The van der Waals surface area contributed by atoms with Crippen LogP contribution in [0.4, 0.5) is 6.01 Å². The molecule has 0 aliphatic rings. The second-order valence-electron chi connectivity index (χ2n) is 5.92. The highest BCUT2D eigenvalue weighted by molar-refractivity contribution is 5.23. The third-order valence-electron chi connectivity index (χ3n) is 2.02. The van der Waals surface area contributed by atoms with Crippen LogP contribution in [0.5, 0.6) is 0 Å². The van der Waals surface area contributed by atoms with Gasteiger partial charge in [0.25, 0.3) is 6.01 Å². The highest BCUT2D eigenvalue weighted by Crippen LogP contribution is 2.28. The summed E-state index contributed by atoms with van der Waals surface area (Å²) in [6.07, 6.45) is 2.39. The lowest BCUT2D eigenvalue weighted by molar-refractivity contribution is 0.296. The summed E-state index contributed by atoms with van der Waals surface area (Å²) in [5.41, 5.74) is -0.349. The zero-order valence-electron chi connectivity index (χ0n) is 10.6. The molecule has 0 fully saturated rings. The Balaban J connectivity index is 2.76. The summed E-state index contributed by atoms with van der Waals surface area (Å²) in [5.74, 6) is 0. The molecule has 0 atom stereocenters. The van der Waals surface area contributed by atoms with Crippen LogP contribution in [0.1, 0.15) is 41.0 Å². The molecule has 0 amide bonds. The Kier molecular flexibility index (Phi) is 3.41. The highest BCUT2D eigenvalue weighted by Gasteiger charge is 2.26. The summed E-state index contributed by atoms with van der Waals surface area (Å²) >= 11 is 0. The van der Waals surface area contributed by atoms with E-state index in [0.717, 1.165) is 6.42 Å². The van der Waals surface area contributed by atoms with E-state index in [1.54, 1.807) is 0 Å². The number of anilines is 1. The molecule has 0 saturated heterocycles. The fourth-order valence-corrected chi connectivity index (χ4v) is 2.04. The Bertz CT molecular complexity index is 402. The maximum Gasteiger partial charge on any atom is 0.340 e. The van der Waals surface area contributed by atoms with E-state index < -0.39 is 0 Å². The lowest BCUT2D eigenvalue weighted by Gasteiger charge is -2.32. The maximum atomic E-state index is 11.0. The molecule has 4 heteroatoms. The van der Waals surface area contributed by atoms with Crippen molar-refractivity contribution in [2.45, 2.75) is 46.6 Å². The van der Waals surface area contributed by atoms with Crippen molar-refractivity contribution in [3.05, 3.63) is 22.7 Å². The molecule has 0 radical (unpaired) electrons. The van der Waals surface area contributed by atoms with Gasteiger partial charge in [-0.2, -0.15) is 0 Å². The summed E-state index contributed by atoms with van der Waals surface area (Å²) in [6.45, 7) is 10.6. The SMILES string of the molecule is CC(C)(C)CC(C)(C)Nc1nccc(=O)o1. The first-order valence-electron chi connectivity index (χ1n) is 5.42. The van der Waals surface area contributed by atoms with Gasteiger partial charge < -0.3 is 9.73 Å². The molecule has 0 aliphatic carbocycles. The summed E-state index contributed by atoms with van der Waals surface area (Å²) in [7, 11) is 0. The Labute approximate surface area is 96.1 Å². The molecule has 1 rings (SSSR count). The van der Waals surface area contributed by atoms with Crippen LogP contribution in [0.2, 0.25) is 0 Å². The molecule has 0 saturated carbocycles. The van der Waals surface area contributed by atoms with E-state index in [-0.39, 0.29) is 22.6 Å². The normalized spacial score (nSPS) is 12.6. The van der Waals surface area contributed by atoms with Gasteiger partial charge in [-0.05, 0) is 25.7 Å². The molecular formula is C12H20N2O2. The van der Waals surface area contributed by atoms with Gasteiger partial charge in [-0.15, -0.1) is 0 Å². The van der Waals surface area contributed by atoms with Gasteiger partial charge in [0.1, 0.15) is 0 Å². The van der Waals surface area contributed by atoms with E-state index in [1.807, 2.05) is 0 Å². The van der Waals surface area contributed by atoms with Gasteiger partial charge >= 0.3 is 5.63 Å². The quantitative estimate of drug-likeness (QED) is 0.857. The standard InChI is InChI=1S/C12H20N2O2/c1-11(2,3)8-12(4,5)14-10-13-7-6-9(15)16-10/h6-7H,8H2,1-5H3,(H,13,14). The summed E-state index contributed by atoms with van der Waals surface area (Å²) < 4.78 is 4.95. The smallest absolute Gasteiger partial charge is 0.340 e. The van der Waals surface area contributed by atoms with Crippen molar-refractivity contribution in [2.75, 3.05) is 5.32 Å². The number of nitrogens with zero attached hydrogens (tertiary/aromatic N) is 1. The minimum atomic E-state index is -0.385. The third-order valence-corrected chi connectivity index (χ3v) is 2.02.